The average Bonchev–Trinajstić information content (AvgIpc) is 2.66. The fraction of sp³-hybridized carbons (Fsp3) is 0.727. The first kappa shape index (κ1) is 10.5. The van der Waals surface area contributed by atoms with Crippen molar-refractivity contribution in [2.24, 2.45) is 13.0 Å². The molecule has 0 unspecified atom stereocenters. The smallest absolute Gasteiger partial charge is 0.0749 e. The van der Waals surface area contributed by atoms with Crippen LogP contribution in [0.1, 0.15) is 12.8 Å². The zero-order valence-corrected chi connectivity index (χ0v) is 9.61. The third-order valence-corrected chi connectivity index (χ3v) is 3.12. The third kappa shape index (κ3) is 2.72. The van der Waals surface area contributed by atoms with Gasteiger partial charge in [0, 0.05) is 26.8 Å². The molecular formula is C11H20N4. The van der Waals surface area contributed by atoms with Gasteiger partial charge in [0.1, 0.15) is 0 Å². The van der Waals surface area contributed by atoms with Gasteiger partial charge in [-0.05, 0) is 31.8 Å². The van der Waals surface area contributed by atoms with E-state index < -0.39 is 0 Å². The van der Waals surface area contributed by atoms with Crippen molar-refractivity contribution in [2.45, 2.75) is 12.8 Å². The fourth-order valence-corrected chi connectivity index (χ4v) is 2.16. The molecule has 4 heteroatoms. The Morgan fingerprint density at radius 3 is 2.87 bits per heavy atom. The number of hydrogen-bond acceptors (Lipinski definition) is 3. The van der Waals surface area contributed by atoms with Crippen LogP contribution in [0.4, 0.5) is 5.69 Å². The molecular weight excluding hydrogens is 188 g/mol. The molecule has 15 heavy (non-hydrogen) atoms. The van der Waals surface area contributed by atoms with E-state index in [-0.39, 0.29) is 0 Å². The minimum Gasteiger partial charge on any atom is -0.372 e. The highest BCUT2D eigenvalue weighted by Gasteiger charge is 2.15. The molecule has 2 rings (SSSR count). The van der Waals surface area contributed by atoms with Crippen molar-refractivity contribution in [1.82, 2.24) is 15.1 Å². The summed E-state index contributed by atoms with van der Waals surface area (Å²) in [5.41, 5.74) is 1.22. The summed E-state index contributed by atoms with van der Waals surface area (Å²) < 4.78 is 1.86. The quantitative estimate of drug-likeness (QED) is 0.799. The summed E-state index contributed by atoms with van der Waals surface area (Å²) in [7, 11) is 4.11. The lowest BCUT2D eigenvalue weighted by Gasteiger charge is -2.27. The SMILES string of the molecule is CN(CC1CCNCC1)c1cnn(C)c1. The zero-order valence-electron chi connectivity index (χ0n) is 9.61. The molecule has 2 heterocycles. The summed E-state index contributed by atoms with van der Waals surface area (Å²) >= 11 is 0. The Bertz CT molecular complexity index is 301. The maximum Gasteiger partial charge on any atom is 0.0749 e. The van der Waals surface area contributed by atoms with Gasteiger partial charge in [-0.3, -0.25) is 4.68 Å². The second kappa shape index (κ2) is 4.66. The van der Waals surface area contributed by atoms with Crippen LogP contribution in [0.2, 0.25) is 0 Å². The van der Waals surface area contributed by atoms with Crippen LogP contribution in [0.3, 0.4) is 0 Å². The topological polar surface area (TPSA) is 33.1 Å². The van der Waals surface area contributed by atoms with E-state index in [1.807, 2.05) is 17.9 Å². The molecule has 4 nitrogen and oxygen atoms in total. The number of anilines is 1. The molecule has 1 aromatic rings. The molecule has 1 aromatic heterocycles. The third-order valence-electron chi connectivity index (χ3n) is 3.12. The maximum absolute atomic E-state index is 4.19. The summed E-state index contributed by atoms with van der Waals surface area (Å²) in [6.45, 7) is 3.49. The van der Waals surface area contributed by atoms with Crippen LogP contribution in [0.5, 0.6) is 0 Å². The van der Waals surface area contributed by atoms with E-state index in [1.54, 1.807) is 0 Å². The minimum absolute atomic E-state index is 0.830. The van der Waals surface area contributed by atoms with E-state index in [4.69, 9.17) is 0 Å². The Balaban J connectivity index is 1.88. The molecule has 1 aliphatic rings. The predicted molar refractivity (Wildman–Crippen MR) is 62.1 cm³/mol. The van der Waals surface area contributed by atoms with E-state index in [0.717, 1.165) is 12.5 Å². The normalized spacial score (nSPS) is 18.0. The number of piperidine rings is 1. The first-order valence-electron chi connectivity index (χ1n) is 5.66. The van der Waals surface area contributed by atoms with Crippen molar-refractivity contribution in [2.75, 3.05) is 31.6 Å². The monoisotopic (exact) mass is 208 g/mol. The van der Waals surface area contributed by atoms with Gasteiger partial charge in [0.15, 0.2) is 0 Å². The van der Waals surface area contributed by atoms with Gasteiger partial charge in [-0.1, -0.05) is 0 Å². The molecule has 0 spiro atoms. The maximum atomic E-state index is 4.19. The van der Waals surface area contributed by atoms with Gasteiger partial charge >= 0.3 is 0 Å². The fourth-order valence-electron chi connectivity index (χ4n) is 2.16. The van der Waals surface area contributed by atoms with E-state index in [2.05, 4.69) is 28.6 Å². The number of hydrogen-bond donors (Lipinski definition) is 1. The molecule has 0 aromatic carbocycles. The number of nitrogens with one attached hydrogen (secondary N) is 1. The molecule has 84 valence electrons. The van der Waals surface area contributed by atoms with Gasteiger partial charge in [0.05, 0.1) is 11.9 Å². The number of nitrogens with zero attached hydrogens (tertiary/aromatic N) is 3. The van der Waals surface area contributed by atoms with Crippen LogP contribution >= 0.6 is 0 Å². The lowest BCUT2D eigenvalue weighted by molar-refractivity contribution is 0.378. The van der Waals surface area contributed by atoms with Crippen LogP contribution in [0.15, 0.2) is 12.4 Å². The highest BCUT2D eigenvalue weighted by Crippen LogP contribution is 2.17. The van der Waals surface area contributed by atoms with Crippen LogP contribution in [0.25, 0.3) is 0 Å². The molecule has 1 saturated heterocycles. The molecule has 1 aliphatic heterocycles. The molecule has 0 radical (unpaired) electrons. The Morgan fingerprint density at radius 2 is 2.27 bits per heavy atom. The number of aromatic nitrogens is 2. The summed E-state index contributed by atoms with van der Waals surface area (Å²) in [5, 5.41) is 7.59. The first-order valence-corrected chi connectivity index (χ1v) is 5.66. The van der Waals surface area contributed by atoms with Crippen LogP contribution in [0, 0.1) is 5.92 Å². The molecule has 0 bridgehead atoms. The van der Waals surface area contributed by atoms with E-state index in [0.29, 0.717) is 0 Å². The molecule has 1 fully saturated rings. The number of rotatable bonds is 3. The van der Waals surface area contributed by atoms with Crippen molar-refractivity contribution in [3.63, 3.8) is 0 Å². The second-order valence-electron chi connectivity index (χ2n) is 4.45. The molecule has 1 N–H and O–H groups in total. The van der Waals surface area contributed by atoms with Crippen LogP contribution in [-0.2, 0) is 7.05 Å². The van der Waals surface area contributed by atoms with Crippen molar-refractivity contribution in [3.05, 3.63) is 12.4 Å². The lowest BCUT2D eigenvalue weighted by Crippen LogP contribution is -2.34. The molecule has 0 amide bonds. The molecule has 0 saturated carbocycles. The van der Waals surface area contributed by atoms with Gasteiger partial charge in [-0.2, -0.15) is 5.10 Å². The Hall–Kier alpha value is -1.03. The highest BCUT2D eigenvalue weighted by atomic mass is 15.3. The van der Waals surface area contributed by atoms with Crippen molar-refractivity contribution < 1.29 is 0 Å². The van der Waals surface area contributed by atoms with E-state index >= 15 is 0 Å². The van der Waals surface area contributed by atoms with Crippen LogP contribution < -0.4 is 10.2 Å². The summed E-state index contributed by atoms with van der Waals surface area (Å²) in [5.74, 6) is 0.830. The summed E-state index contributed by atoms with van der Waals surface area (Å²) in [6.07, 6.45) is 6.59. The van der Waals surface area contributed by atoms with Gasteiger partial charge < -0.3 is 10.2 Å². The Kier molecular flexibility index (Phi) is 3.26. The lowest BCUT2D eigenvalue weighted by atomic mass is 9.98. The zero-order chi connectivity index (χ0) is 10.7. The number of aryl methyl sites for hydroxylation is 1. The molecule has 0 aliphatic carbocycles. The van der Waals surface area contributed by atoms with Crippen molar-refractivity contribution in [3.8, 4) is 0 Å². The first-order chi connectivity index (χ1) is 7.25. The summed E-state index contributed by atoms with van der Waals surface area (Å²) in [4.78, 5) is 2.31. The van der Waals surface area contributed by atoms with E-state index in [9.17, 15) is 0 Å². The van der Waals surface area contributed by atoms with Gasteiger partial charge in [0.2, 0.25) is 0 Å². The van der Waals surface area contributed by atoms with E-state index in [1.165, 1.54) is 31.6 Å². The van der Waals surface area contributed by atoms with Gasteiger partial charge in [-0.25, -0.2) is 0 Å². The van der Waals surface area contributed by atoms with Gasteiger partial charge in [0.25, 0.3) is 0 Å². The highest BCUT2D eigenvalue weighted by molar-refractivity contribution is 5.41. The van der Waals surface area contributed by atoms with Gasteiger partial charge in [-0.15, -0.1) is 0 Å². The molecule has 0 atom stereocenters. The van der Waals surface area contributed by atoms with Crippen LogP contribution in [-0.4, -0.2) is 36.5 Å². The predicted octanol–water partition coefficient (Wildman–Crippen LogP) is 0.856. The van der Waals surface area contributed by atoms with Crippen molar-refractivity contribution in [1.29, 1.82) is 0 Å². The second-order valence-corrected chi connectivity index (χ2v) is 4.45. The largest absolute Gasteiger partial charge is 0.372 e. The minimum atomic E-state index is 0.830. The standard InChI is InChI=1S/C11H20N4/c1-14(11-7-13-15(2)9-11)8-10-3-5-12-6-4-10/h7,9-10,12H,3-6,8H2,1-2H3. The summed E-state index contributed by atoms with van der Waals surface area (Å²) in [6, 6.07) is 0. The van der Waals surface area contributed by atoms with Crippen molar-refractivity contribution >= 4 is 5.69 Å². The average molecular weight is 208 g/mol. The Morgan fingerprint density at radius 1 is 1.53 bits per heavy atom. The Labute approximate surface area is 91.3 Å².